The van der Waals surface area contributed by atoms with E-state index in [4.69, 9.17) is 0 Å². The molecule has 15 heavy (non-hydrogen) atoms. The SMILES string of the molecule is CC#CC(O)(c1ccccc1)C(F)(F)F. The first kappa shape index (κ1) is 11.6. The van der Waals surface area contributed by atoms with E-state index in [2.05, 4.69) is 5.92 Å². The highest BCUT2D eigenvalue weighted by molar-refractivity contribution is 5.33. The van der Waals surface area contributed by atoms with Gasteiger partial charge in [-0.3, -0.25) is 0 Å². The molecule has 0 aliphatic rings. The van der Waals surface area contributed by atoms with E-state index < -0.39 is 11.8 Å². The Balaban J connectivity index is 3.30. The second-order valence-electron chi connectivity index (χ2n) is 2.95. The topological polar surface area (TPSA) is 20.2 Å². The molecule has 1 aromatic carbocycles. The molecule has 0 aliphatic heterocycles. The average Bonchev–Trinajstić information content (AvgIpc) is 2.18. The van der Waals surface area contributed by atoms with Gasteiger partial charge in [-0.15, -0.1) is 5.92 Å². The van der Waals surface area contributed by atoms with Gasteiger partial charge in [-0.2, -0.15) is 13.2 Å². The minimum Gasteiger partial charge on any atom is -0.366 e. The number of hydrogen-bond donors (Lipinski definition) is 1. The largest absolute Gasteiger partial charge is 0.433 e. The summed E-state index contributed by atoms with van der Waals surface area (Å²) in [4.78, 5) is 0. The third kappa shape index (κ3) is 2.13. The molecule has 0 heterocycles. The van der Waals surface area contributed by atoms with Gasteiger partial charge in [-0.1, -0.05) is 36.3 Å². The van der Waals surface area contributed by atoms with E-state index in [1.165, 1.54) is 31.2 Å². The van der Waals surface area contributed by atoms with Crippen molar-refractivity contribution in [2.24, 2.45) is 0 Å². The predicted molar refractivity (Wildman–Crippen MR) is 49.8 cm³/mol. The van der Waals surface area contributed by atoms with Crippen molar-refractivity contribution < 1.29 is 18.3 Å². The zero-order chi connectivity index (χ0) is 11.5. The number of halogens is 3. The van der Waals surface area contributed by atoms with Gasteiger partial charge >= 0.3 is 6.18 Å². The standard InChI is InChI=1S/C11H9F3O/c1-2-8-10(15,11(12,13)14)9-6-4-3-5-7-9/h3-7,15H,1H3. The monoisotopic (exact) mass is 214 g/mol. The molecule has 4 heteroatoms. The number of aliphatic hydroxyl groups is 1. The van der Waals surface area contributed by atoms with Crippen LogP contribution >= 0.6 is 0 Å². The molecule has 1 nitrogen and oxygen atoms in total. The fourth-order valence-electron chi connectivity index (χ4n) is 1.17. The minimum atomic E-state index is -4.81. The Kier molecular flexibility index (Phi) is 3.06. The second-order valence-corrected chi connectivity index (χ2v) is 2.95. The third-order valence-corrected chi connectivity index (χ3v) is 1.91. The molecule has 0 saturated heterocycles. The molecule has 0 aromatic heterocycles. The van der Waals surface area contributed by atoms with Crippen molar-refractivity contribution in [3.8, 4) is 11.8 Å². The number of rotatable bonds is 1. The van der Waals surface area contributed by atoms with Gasteiger partial charge in [0.2, 0.25) is 5.60 Å². The highest BCUT2D eigenvalue weighted by Gasteiger charge is 2.54. The van der Waals surface area contributed by atoms with Gasteiger partial charge in [0, 0.05) is 5.56 Å². The Morgan fingerprint density at radius 1 is 1.13 bits per heavy atom. The summed E-state index contributed by atoms with van der Waals surface area (Å²) in [6.45, 7) is 1.25. The minimum absolute atomic E-state index is 0.271. The maximum absolute atomic E-state index is 12.6. The Bertz CT molecular complexity index is 386. The smallest absolute Gasteiger partial charge is 0.366 e. The molecule has 0 spiro atoms. The summed E-state index contributed by atoms with van der Waals surface area (Å²) < 4.78 is 37.9. The van der Waals surface area contributed by atoms with Crippen LogP contribution in [0, 0.1) is 11.8 Å². The van der Waals surface area contributed by atoms with E-state index >= 15 is 0 Å². The molecule has 1 aromatic rings. The van der Waals surface area contributed by atoms with E-state index in [0.29, 0.717) is 0 Å². The van der Waals surface area contributed by atoms with Crippen LogP contribution in [0.25, 0.3) is 0 Å². The van der Waals surface area contributed by atoms with Crippen molar-refractivity contribution >= 4 is 0 Å². The lowest BCUT2D eigenvalue weighted by Gasteiger charge is -2.25. The van der Waals surface area contributed by atoms with E-state index in [1.807, 2.05) is 0 Å². The quantitative estimate of drug-likeness (QED) is 0.712. The molecule has 0 radical (unpaired) electrons. The van der Waals surface area contributed by atoms with Crippen LogP contribution in [0.5, 0.6) is 0 Å². The summed E-state index contributed by atoms with van der Waals surface area (Å²) in [5, 5.41) is 9.52. The summed E-state index contributed by atoms with van der Waals surface area (Å²) in [5.41, 5.74) is -3.35. The van der Waals surface area contributed by atoms with Crippen LogP contribution in [0.3, 0.4) is 0 Å². The maximum Gasteiger partial charge on any atom is 0.433 e. The van der Waals surface area contributed by atoms with Crippen LogP contribution in [-0.2, 0) is 5.60 Å². The van der Waals surface area contributed by atoms with Gasteiger partial charge in [0.15, 0.2) is 0 Å². The van der Waals surface area contributed by atoms with E-state index in [9.17, 15) is 18.3 Å². The fraction of sp³-hybridized carbons (Fsp3) is 0.273. The second kappa shape index (κ2) is 3.95. The lowest BCUT2D eigenvalue weighted by Crippen LogP contribution is -2.40. The summed E-state index contributed by atoms with van der Waals surface area (Å²) in [6.07, 6.45) is -4.81. The van der Waals surface area contributed by atoms with Crippen molar-refractivity contribution in [2.75, 3.05) is 0 Å². The van der Waals surface area contributed by atoms with Gasteiger partial charge in [0.1, 0.15) is 0 Å². The van der Waals surface area contributed by atoms with Crippen molar-refractivity contribution in [1.82, 2.24) is 0 Å². The highest BCUT2D eigenvalue weighted by Crippen LogP contribution is 2.38. The molecule has 0 saturated carbocycles. The Hall–Kier alpha value is -1.47. The molecular weight excluding hydrogens is 205 g/mol. The average molecular weight is 214 g/mol. The van der Waals surface area contributed by atoms with Crippen molar-refractivity contribution in [3.05, 3.63) is 35.9 Å². The summed E-state index contributed by atoms with van der Waals surface area (Å²) in [7, 11) is 0. The number of alkyl halides is 3. The Morgan fingerprint density at radius 3 is 2.07 bits per heavy atom. The summed E-state index contributed by atoms with van der Waals surface area (Å²) >= 11 is 0. The summed E-state index contributed by atoms with van der Waals surface area (Å²) in [5.74, 6) is 3.89. The molecule has 0 aliphatic carbocycles. The van der Waals surface area contributed by atoms with Crippen LogP contribution in [-0.4, -0.2) is 11.3 Å². The molecule has 0 amide bonds. The zero-order valence-electron chi connectivity index (χ0n) is 7.97. The molecule has 1 N–H and O–H groups in total. The maximum atomic E-state index is 12.6. The summed E-state index contributed by atoms with van der Waals surface area (Å²) in [6, 6.07) is 6.79. The Labute approximate surface area is 85.5 Å². The van der Waals surface area contributed by atoms with E-state index in [0.717, 1.165) is 0 Å². The normalized spacial score (nSPS) is 15.0. The van der Waals surface area contributed by atoms with Crippen LogP contribution in [0.4, 0.5) is 13.2 Å². The van der Waals surface area contributed by atoms with E-state index in [-0.39, 0.29) is 5.56 Å². The predicted octanol–water partition coefficient (Wildman–Crippen LogP) is 2.46. The lowest BCUT2D eigenvalue weighted by molar-refractivity contribution is -0.240. The number of benzene rings is 1. The van der Waals surface area contributed by atoms with E-state index in [1.54, 1.807) is 12.0 Å². The molecule has 1 unspecified atom stereocenters. The Morgan fingerprint density at radius 2 is 1.67 bits per heavy atom. The molecule has 0 fully saturated rings. The zero-order valence-corrected chi connectivity index (χ0v) is 7.97. The van der Waals surface area contributed by atoms with Gasteiger partial charge in [0.25, 0.3) is 0 Å². The number of hydrogen-bond acceptors (Lipinski definition) is 1. The van der Waals surface area contributed by atoms with Crippen molar-refractivity contribution in [3.63, 3.8) is 0 Å². The first-order valence-corrected chi connectivity index (χ1v) is 4.20. The van der Waals surface area contributed by atoms with Crippen molar-refractivity contribution in [2.45, 2.75) is 18.7 Å². The highest BCUT2D eigenvalue weighted by atomic mass is 19.4. The van der Waals surface area contributed by atoms with Gasteiger partial charge < -0.3 is 5.11 Å². The molecule has 0 bridgehead atoms. The van der Waals surface area contributed by atoms with Crippen LogP contribution < -0.4 is 0 Å². The van der Waals surface area contributed by atoms with Crippen LogP contribution in [0.1, 0.15) is 12.5 Å². The molecular formula is C11H9F3O. The third-order valence-electron chi connectivity index (χ3n) is 1.91. The molecule has 1 atom stereocenters. The van der Waals surface area contributed by atoms with Crippen LogP contribution in [0.2, 0.25) is 0 Å². The molecule has 80 valence electrons. The first-order valence-electron chi connectivity index (χ1n) is 4.20. The van der Waals surface area contributed by atoms with Crippen LogP contribution in [0.15, 0.2) is 30.3 Å². The van der Waals surface area contributed by atoms with Gasteiger partial charge in [-0.25, -0.2) is 0 Å². The van der Waals surface area contributed by atoms with Crippen molar-refractivity contribution in [1.29, 1.82) is 0 Å². The van der Waals surface area contributed by atoms with Gasteiger partial charge in [-0.05, 0) is 6.92 Å². The lowest BCUT2D eigenvalue weighted by atomic mass is 9.94. The fourth-order valence-corrected chi connectivity index (χ4v) is 1.17. The van der Waals surface area contributed by atoms with Gasteiger partial charge in [0.05, 0.1) is 0 Å². The molecule has 1 rings (SSSR count). The first-order chi connectivity index (χ1) is 6.92.